The minimum Gasteiger partial charge on any atom is -0.456 e. The molecule has 0 aliphatic heterocycles. The molecule has 2 heterocycles. The van der Waals surface area contributed by atoms with Crippen LogP contribution in [-0.4, -0.2) is 0 Å². The largest absolute Gasteiger partial charge is 0.456 e. The third-order valence-electron chi connectivity index (χ3n) is 9.90. The van der Waals surface area contributed by atoms with Crippen LogP contribution in [0.15, 0.2) is 192 Å². The van der Waals surface area contributed by atoms with Crippen LogP contribution in [0, 0.1) is 0 Å². The van der Waals surface area contributed by atoms with Gasteiger partial charge in [0.1, 0.15) is 11.2 Å². The van der Waals surface area contributed by atoms with Gasteiger partial charge in [0, 0.05) is 37.5 Å². The molecule has 0 amide bonds. The fraction of sp³-hybridized carbons (Fsp3) is 0. The number of anilines is 3. The summed E-state index contributed by atoms with van der Waals surface area (Å²) in [5.41, 5.74) is 12.4. The molecule has 0 spiro atoms. The molecule has 0 N–H and O–H groups in total. The van der Waals surface area contributed by atoms with Gasteiger partial charge in [0.05, 0.1) is 16.1 Å². The minimum atomic E-state index is 0.909. The third-order valence-corrected chi connectivity index (χ3v) is 11.1. The van der Waals surface area contributed by atoms with E-state index in [1.54, 1.807) is 0 Å². The molecular formula is C48H31NOS. The number of benzene rings is 8. The number of furan rings is 1. The van der Waals surface area contributed by atoms with Crippen LogP contribution in [0.3, 0.4) is 0 Å². The first-order valence-corrected chi connectivity index (χ1v) is 18.1. The fourth-order valence-corrected chi connectivity index (χ4v) is 8.73. The Bertz CT molecular complexity index is 2850. The third kappa shape index (κ3) is 5.01. The molecule has 240 valence electrons. The topological polar surface area (TPSA) is 16.4 Å². The molecule has 0 radical (unpaired) electrons. The van der Waals surface area contributed by atoms with Crippen LogP contribution >= 0.6 is 11.3 Å². The van der Waals surface area contributed by atoms with E-state index in [1.165, 1.54) is 42.4 Å². The van der Waals surface area contributed by atoms with Crippen LogP contribution in [0.5, 0.6) is 0 Å². The first-order valence-electron chi connectivity index (χ1n) is 17.3. The number of hydrogen-bond acceptors (Lipinski definition) is 3. The van der Waals surface area contributed by atoms with Crippen molar-refractivity contribution in [1.29, 1.82) is 0 Å². The number of hydrogen-bond donors (Lipinski definition) is 0. The van der Waals surface area contributed by atoms with Crippen molar-refractivity contribution in [1.82, 2.24) is 0 Å². The number of rotatable bonds is 6. The lowest BCUT2D eigenvalue weighted by atomic mass is 9.97. The fourth-order valence-electron chi connectivity index (χ4n) is 7.50. The van der Waals surface area contributed by atoms with Crippen LogP contribution in [0.4, 0.5) is 17.1 Å². The maximum absolute atomic E-state index is 6.13. The second-order valence-corrected chi connectivity index (χ2v) is 13.9. The summed E-state index contributed by atoms with van der Waals surface area (Å²) in [7, 11) is 0. The summed E-state index contributed by atoms with van der Waals surface area (Å²) in [4.78, 5) is 2.45. The summed E-state index contributed by atoms with van der Waals surface area (Å²) >= 11 is 1.87. The van der Waals surface area contributed by atoms with E-state index in [1.807, 2.05) is 23.5 Å². The van der Waals surface area contributed by atoms with Crippen LogP contribution < -0.4 is 4.90 Å². The molecule has 2 nitrogen and oxygen atoms in total. The predicted octanol–water partition coefficient (Wildman–Crippen LogP) is 14.4. The van der Waals surface area contributed by atoms with E-state index in [0.717, 1.165) is 50.1 Å². The van der Waals surface area contributed by atoms with Gasteiger partial charge in [0.15, 0.2) is 0 Å². The summed E-state index contributed by atoms with van der Waals surface area (Å²) in [6, 6.07) is 67.4. The number of fused-ring (bicyclic) bond motifs is 6. The Hall–Kier alpha value is -6.42. The average molecular weight is 670 g/mol. The molecule has 2 aromatic heterocycles. The van der Waals surface area contributed by atoms with Gasteiger partial charge >= 0.3 is 0 Å². The molecule has 0 atom stereocenters. The zero-order valence-corrected chi connectivity index (χ0v) is 28.5. The van der Waals surface area contributed by atoms with Gasteiger partial charge < -0.3 is 9.32 Å². The molecule has 0 unspecified atom stereocenters. The van der Waals surface area contributed by atoms with E-state index in [0.29, 0.717) is 0 Å². The lowest BCUT2D eigenvalue weighted by Crippen LogP contribution is -2.11. The average Bonchev–Trinajstić information content (AvgIpc) is 3.78. The molecule has 0 bridgehead atoms. The van der Waals surface area contributed by atoms with Gasteiger partial charge in [-0.15, -0.1) is 11.3 Å². The maximum atomic E-state index is 6.13. The number of thiophene rings is 1. The normalized spacial score (nSPS) is 11.5. The summed E-state index contributed by atoms with van der Waals surface area (Å²) in [5.74, 6) is 0. The van der Waals surface area contributed by atoms with Crippen molar-refractivity contribution in [3.05, 3.63) is 188 Å². The van der Waals surface area contributed by atoms with Gasteiger partial charge in [0.2, 0.25) is 0 Å². The molecule has 10 aromatic rings. The molecule has 8 aromatic carbocycles. The minimum absolute atomic E-state index is 0.909. The van der Waals surface area contributed by atoms with Crippen LogP contribution in [-0.2, 0) is 0 Å². The molecule has 10 rings (SSSR count). The summed E-state index contributed by atoms with van der Waals surface area (Å²) in [5, 5.41) is 4.85. The maximum Gasteiger partial charge on any atom is 0.135 e. The highest BCUT2D eigenvalue weighted by atomic mass is 32.1. The van der Waals surface area contributed by atoms with Crippen molar-refractivity contribution in [2.45, 2.75) is 0 Å². The Morgan fingerprint density at radius 1 is 0.392 bits per heavy atom. The summed E-state index contributed by atoms with van der Waals surface area (Å²) in [6.07, 6.45) is 0. The molecule has 3 heteroatoms. The monoisotopic (exact) mass is 669 g/mol. The van der Waals surface area contributed by atoms with E-state index >= 15 is 0 Å². The summed E-state index contributed by atoms with van der Waals surface area (Å²) < 4.78 is 8.68. The SMILES string of the molecule is c1ccc(-c2ccccc2N(c2ccc(-c3ccc4oc5ccccc5c4c3)cc2)c2ccc(-c3ccccc3)c3c2sc2ccccc23)cc1. The predicted molar refractivity (Wildman–Crippen MR) is 218 cm³/mol. The second-order valence-electron chi connectivity index (χ2n) is 12.9. The molecule has 0 aliphatic rings. The van der Waals surface area contributed by atoms with Gasteiger partial charge in [-0.3, -0.25) is 0 Å². The highest BCUT2D eigenvalue weighted by Crippen LogP contribution is 2.50. The Balaban J connectivity index is 1.19. The van der Waals surface area contributed by atoms with Gasteiger partial charge in [-0.2, -0.15) is 0 Å². The van der Waals surface area contributed by atoms with E-state index < -0.39 is 0 Å². The van der Waals surface area contributed by atoms with E-state index in [-0.39, 0.29) is 0 Å². The Labute approximate surface area is 300 Å². The van der Waals surface area contributed by atoms with Crippen molar-refractivity contribution in [2.24, 2.45) is 0 Å². The quantitative estimate of drug-likeness (QED) is 0.175. The highest BCUT2D eigenvalue weighted by molar-refractivity contribution is 7.26. The highest BCUT2D eigenvalue weighted by Gasteiger charge is 2.23. The molecule has 0 fully saturated rings. The van der Waals surface area contributed by atoms with E-state index in [2.05, 4.69) is 181 Å². The first kappa shape index (κ1) is 29.5. The van der Waals surface area contributed by atoms with Gasteiger partial charge in [-0.05, 0) is 76.3 Å². The first-order chi connectivity index (χ1) is 25.3. The summed E-state index contributed by atoms with van der Waals surface area (Å²) in [6.45, 7) is 0. The second kappa shape index (κ2) is 12.2. The zero-order valence-electron chi connectivity index (χ0n) is 27.7. The van der Waals surface area contributed by atoms with E-state index in [4.69, 9.17) is 4.42 Å². The van der Waals surface area contributed by atoms with Crippen LogP contribution in [0.2, 0.25) is 0 Å². The molecular weight excluding hydrogens is 639 g/mol. The Morgan fingerprint density at radius 2 is 1.02 bits per heavy atom. The van der Waals surface area contributed by atoms with Crippen molar-refractivity contribution >= 4 is 70.5 Å². The standard InChI is InChI=1S/C48H31NOS/c1-3-13-33(14-4-1)37-17-7-10-20-42(37)49(36-26-23-32(24-27-36)35-25-30-45-41(31-35)39-18-8-11-21-44(39)50-45)43-29-28-38(34-15-5-2-6-16-34)47-40-19-9-12-22-46(40)51-48(43)47/h1-31H. The molecule has 0 aliphatic carbocycles. The lowest BCUT2D eigenvalue weighted by molar-refractivity contribution is 0.669. The van der Waals surface area contributed by atoms with Crippen molar-refractivity contribution in [3.8, 4) is 33.4 Å². The lowest BCUT2D eigenvalue weighted by Gasteiger charge is -2.29. The van der Waals surface area contributed by atoms with Crippen LogP contribution in [0.25, 0.3) is 75.5 Å². The van der Waals surface area contributed by atoms with E-state index in [9.17, 15) is 0 Å². The molecule has 51 heavy (non-hydrogen) atoms. The van der Waals surface area contributed by atoms with Gasteiger partial charge in [-0.25, -0.2) is 0 Å². The molecule has 0 saturated carbocycles. The van der Waals surface area contributed by atoms with Crippen molar-refractivity contribution in [3.63, 3.8) is 0 Å². The van der Waals surface area contributed by atoms with Gasteiger partial charge in [-0.1, -0.05) is 140 Å². The van der Waals surface area contributed by atoms with Crippen molar-refractivity contribution in [2.75, 3.05) is 4.90 Å². The van der Waals surface area contributed by atoms with Crippen LogP contribution in [0.1, 0.15) is 0 Å². The zero-order chi connectivity index (χ0) is 33.7. The molecule has 0 saturated heterocycles. The van der Waals surface area contributed by atoms with Gasteiger partial charge in [0.25, 0.3) is 0 Å². The van der Waals surface area contributed by atoms with Crippen molar-refractivity contribution < 1.29 is 4.42 Å². The number of para-hydroxylation sites is 2. The Kier molecular flexibility index (Phi) is 7.04. The Morgan fingerprint density at radius 3 is 1.82 bits per heavy atom. The smallest absolute Gasteiger partial charge is 0.135 e. The number of nitrogens with zero attached hydrogens (tertiary/aromatic N) is 1.